The summed E-state index contributed by atoms with van der Waals surface area (Å²) in [5, 5.41) is 17.0. The van der Waals surface area contributed by atoms with Crippen LogP contribution in [0.2, 0.25) is 0 Å². The lowest BCUT2D eigenvalue weighted by atomic mass is 10.2. The molecule has 0 aromatic carbocycles. The van der Waals surface area contributed by atoms with E-state index >= 15 is 0 Å². The molecule has 1 fully saturated rings. The fraction of sp³-hybridized carbons (Fsp3) is 0.615. The van der Waals surface area contributed by atoms with Gasteiger partial charge in [0.05, 0.1) is 17.1 Å². The van der Waals surface area contributed by atoms with Crippen molar-refractivity contribution in [2.24, 2.45) is 0 Å². The fourth-order valence-electron chi connectivity index (χ4n) is 2.61. The lowest BCUT2D eigenvalue weighted by Gasteiger charge is -2.23. The summed E-state index contributed by atoms with van der Waals surface area (Å²) in [5.74, 6) is 1.05. The highest BCUT2D eigenvalue weighted by molar-refractivity contribution is 5.54. The van der Waals surface area contributed by atoms with Crippen LogP contribution in [0.4, 0.5) is 17.3 Å². The molecule has 20 heavy (non-hydrogen) atoms. The zero-order valence-corrected chi connectivity index (χ0v) is 11.9. The second kappa shape index (κ2) is 6.51. The zero-order valence-electron chi connectivity index (χ0n) is 11.9. The van der Waals surface area contributed by atoms with Gasteiger partial charge in [-0.2, -0.15) is 0 Å². The molecule has 7 nitrogen and oxygen atoms in total. The molecule has 110 valence electrons. The Bertz CT molecular complexity index is 480. The SMILES string of the molecule is CCN1CCCC1CNc1cc([N+](=O)[O-])cc(NC)n1. The first-order valence-electron chi connectivity index (χ1n) is 6.96. The van der Waals surface area contributed by atoms with Gasteiger partial charge < -0.3 is 10.6 Å². The first-order valence-corrected chi connectivity index (χ1v) is 6.96. The van der Waals surface area contributed by atoms with Gasteiger partial charge in [0, 0.05) is 19.6 Å². The highest BCUT2D eigenvalue weighted by atomic mass is 16.6. The number of hydrogen-bond acceptors (Lipinski definition) is 6. The van der Waals surface area contributed by atoms with Gasteiger partial charge in [-0.3, -0.25) is 15.0 Å². The Balaban J connectivity index is 2.05. The first kappa shape index (κ1) is 14.5. The minimum atomic E-state index is -0.401. The number of hydrogen-bond donors (Lipinski definition) is 2. The second-order valence-corrected chi connectivity index (χ2v) is 4.91. The maximum Gasteiger partial charge on any atom is 0.276 e. The molecular weight excluding hydrogens is 258 g/mol. The van der Waals surface area contributed by atoms with E-state index in [2.05, 4.69) is 27.4 Å². The number of anilines is 2. The average Bonchev–Trinajstić information content (AvgIpc) is 2.92. The summed E-state index contributed by atoms with van der Waals surface area (Å²) in [4.78, 5) is 17.2. The van der Waals surface area contributed by atoms with Crippen LogP contribution in [0.25, 0.3) is 0 Å². The van der Waals surface area contributed by atoms with Gasteiger partial charge in [0.25, 0.3) is 5.69 Å². The highest BCUT2D eigenvalue weighted by Gasteiger charge is 2.22. The van der Waals surface area contributed by atoms with Crippen LogP contribution >= 0.6 is 0 Å². The number of nitro groups is 1. The zero-order chi connectivity index (χ0) is 14.5. The summed E-state index contributed by atoms with van der Waals surface area (Å²) in [7, 11) is 1.70. The van der Waals surface area contributed by atoms with Gasteiger partial charge >= 0.3 is 0 Å². The Kier molecular flexibility index (Phi) is 4.73. The van der Waals surface area contributed by atoms with Gasteiger partial charge in [-0.15, -0.1) is 0 Å². The molecule has 1 aliphatic heterocycles. The fourth-order valence-corrected chi connectivity index (χ4v) is 2.61. The Morgan fingerprint density at radius 2 is 2.25 bits per heavy atom. The number of nitrogens with zero attached hydrogens (tertiary/aromatic N) is 3. The van der Waals surface area contributed by atoms with Gasteiger partial charge in [0.2, 0.25) is 0 Å². The molecule has 1 saturated heterocycles. The Morgan fingerprint density at radius 1 is 1.50 bits per heavy atom. The Morgan fingerprint density at radius 3 is 2.90 bits per heavy atom. The summed E-state index contributed by atoms with van der Waals surface area (Å²) in [6.07, 6.45) is 2.37. The lowest BCUT2D eigenvalue weighted by Crippen LogP contribution is -2.34. The quantitative estimate of drug-likeness (QED) is 0.611. The van der Waals surface area contributed by atoms with Crippen LogP contribution in [-0.4, -0.2) is 47.5 Å². The normalized spacial score (nSPS) is 19.0. The summed E-state index contributed by atoms with van der Waals surface area (Å²) < 4.78 is 0. The molecular formula is C13H21N5O2. The number of aromatic nitrogens is 1. The van der Waals surface area contributed by atoms with Crippen molar-refractivity contribution in [2.75, 3.05) is 37.3 Å². The van der Waals surface area contributed by atoms with Crippen LogP contribution in [0.15, 0.2) is 12.1 Å². The van der Waals surface area contributed by atoms with Crippen LogP contribution in [0.5, 0.6) is 0 Å². The van der Waals surface area contributed by atoms with Crippen LogP contribution in [0.3, 0.4) is 0 Å². The molecule has 2 heterocycles. The monoisotopic (exact) mass is 279 g/mol. The lowest BCUT2D eigenvalue weighted by molar-refractivity contribution is -0.384. The Labute approximate surface area is 118 Å². The van der Waals surface area contributed by atoms with E-state index in [0.29, 0.717) is 17.7 Å². The van der Waals surface area contributed by atoms with E-state index in [-0.39, 0.29) is 5.69 Å². The van der Waals surface area contributed by atoms with Crippen molar-refractivity contribution in [3.05, 3.63) is 22.2 Å². The largest absolute Gasteiger partial charge is 0.373 e. The molecule has 0 spiro atoms. The van der Waals surface area contributed by atoms with Crippen molar-refractivity contribution >= 4 is 17.3 Å². The number of likely N-dealkylation sites (tertiary alicyclic amines) is 1. The second-order valence-electron chi connectivity index (χ2n) is 4.91. The summed E-state index contributed by atoms with van der Waals surface area (Å²) in [6.45, 7) is 5.09. The van der Waals surface area contributed by atoms with E-state index in [4.69, 9.17) is 0 Å². The van der Waals surface area contributed by atoms with Crippen molar-refractivity contribution in [1.29, 1.82) is 0 Å². The highest BCUT2D eigenvalue weighted by Crippen LogP contribution is 2.22. The first-order chi connectivity index (χ1) is 9.63. The molecule has 0 saturated carbocycles. The van der Waals surface area contributed by atoms with Crippen LogP contribution in [0.1, 0.15) is 19.8 Å². The minimum absolute atomic E-state index is 0.0469. The maximum absolute atomic E-state index is 10.9. The molecule has 1 unspecified atom stereocenters. The summed E-state index contributed by atoms with van der Waals surface area (Å²) >= 11 is 0. The number of nitrogens with one attached hydrogen (secondary N) is 2. The predicted molar refractivity (Wildman–Crippen MR) is 79.2 cm³/mol. The number of likely N-dealkylation sites (N-methyl/N-ethyl adjacent to an activating group) is 1. The van der Waals surface area contributed by atoms with Crippen molar-refractivity contribution in [3.63, 3.8) is 0 Å². The molecule has 7 heteroatoms. The minimum Gasteiger partial charge on any atom is -0.373 e. The summed E-state index contributed by atoms with van der Waals surface area (Å²) in [5.41, 5.74) is 0.0469. The van der Waals surface area contributed by atoms with Crippen LogP contribution < -0.4 is 10.6 Å². The molecule has 2 N–H and O–H groups in total. The van der Waals surface area contributed by atoms with E-state index in [1.807, 2.05) is 0 Å². The van der Waals surface area contributed by atoms with Crippen LogP contribution in [-0.2, 0) is 0 Å². The topological polar surface area (TPSA) is 83.3 Å². The van der Waals surface area contributed by atoms with E-state index < -0.39 is 4.92 Å². The molecule has 1 atom stereocenters. The molecule has 0 bridgehead atoms. The average molecular weight is 279 g/mol. The molecule has 1 aromatic rings. The van der Waals surface area contributed by atoms with Gasteiger partial charge in [-0.05, 0) is 25.9 Å². The van der Waals surface area contributed by atoms with Gasteiger partial charge in [0.15, 0.2) is 0 Å². The Hall–Kier alpha value is -1.89. The molecule has 1 aliphatic rings. The number of rotatable bonds is 6. The number of pyridine rings is 1. The smallest absolute Gasteiger partial charge is 0.276 e. The van der Waals surface area contributed by atoms with Crippen molar-refractivity contribution < 1.29 is 4.92 Å². The third-order valence-corrected chi connectivity index (χ3v) is 3.70. The summed E-state index contributed by atoms with van der Waals surface area (Å²) in [6, 6.07) is 3.39. The standard InChI is InChI=1S/C13H21N5O2/c1-3-17-6-4-5-10(17)9-15-13-8-11(18(19)20)7-12(14-2)16-13/h7-8,10H,3-6,9H2,1-2H3,(H2,14,15,16). The van der Waals surface area contributed by atoms with Crippen molar-refractivity contribution in [3.8, 4) is 0 Å². The third kappa shape index (κ3) is 3.36. The molecule has 0 aliphatic carbocycles. The predicted octanol–water partition coefficient (Wildman–Crippen LogP) is 1.93. The van der Waals surface area contributed by atoms with Crippen molar-refractivity contribution in [2.45, 2.75) is 25.8 Å². The van der Waals surface area contributed by atoms with E-state index in [1.165, 1.54) is 18.6 Å². The molecule has 2 rings (SSSR count). The molecule has 0 radical (unpaired) electrons. The van der Waals surface area contributed by atoms with E-state index in [1.54, 1.807) is 7.05 Å². The molecule has 1 aromatic heterocycles. The third-order valence-electron chi connectivity index (χ3n) is 3.70. The van der Waals surface area contributed by atoms with E-state index in [0.717, 1.165) is 26.1 Å². The van der Waals surface area contributed by atoms with Crippen LogP contribution in [0, 0.1) is 10.1 Å². The van der Waals surface area contributed by atoms with Gasteiger partial charge in [-0.1, -0.05) is 6.92 Å². The van der Waals surface area contributed by atoms with E-state index in [9.17, 15) is 10.1 Å². The maximum atomic E-state index is 10.9. The van der Waals surface area contributed by atoms with Crippen molar-refractivity contribution in [1.82, 2.24) is 9.88 Å². The van der Waals surface area contributed by atoms with Gasteiger partial charge in [-0.25, -0.2) is 4.98 Å². The van der Waals surface area contributed by atoms with Gasteiger partial charge in [0.1, 0.15) is 11.6 Å². The molecule has 0 amide bonds.